The molecule has 2 aliphatic rings. The molecule has 0 aliphatic carbocycles. The maximum absolute atomic E-state index is 13.9. The van der Waals surface area contributed by atoms with Crippen LogP contribution in [0.4, 0.5) is 9.18 Å². The summed E-state index contributed by atoms with van der Waals surface area (Å²) in [7, 11) is 0. The number of fused-ring (bicyclic) bond motifs is 2. The summed E-state index contributed by atoms with van der Waals surface area (Å²) in [4.78, 5) is 14.7. The topological polar surface area (TPSA) is 53.0 Å². The van der Waals surface area contributed by atoms with Crippen LogP contribution in [0.25, 0.3) is 11.8 Å². The number of nitrogens with zero attached hydrogens (tertiary/aromatic N) is 2. The van der Waals surface area contributed by atoms with Gasteiger partial charge in [-0.25, -0.2) is 9.18 Å². The Hall–Kier alpha value is -3.02. The van der Waals surface area contributed by atoms with Crippen molar-refractivity contribution < 1.29 is 19.0 Å². The Morgan fingerprint density at radius 1 is 1.08 bits per heavy atom. The van der Waals surface area contributed by atoms with Gasteiger partial charge in [-0.2, -0.15) is 0 Å². The van der Waals surface area contributed by atoms with Gasteiger partial charge in [-0.05, 0) is 43.3 Å². The van der Waals surface area contributed by atoms with Crippen LogP contribution in [0.1, 0.15) is 16.7 Å². The van der Waals surface area contributed by atoms with Gasteiger partial charge in [0.2, 0.25) is 0 Å². The molecule has 134 valence electrons. The van der Waals surface area contributed by atoms with Gasteiger partial charge in [0.05, 0.1) is 0 Å². The fraction of sp³-hybridized carbons (Fsp3) is 0.250. The molecule has 1 saturated heterocycles. The third-order valence-corrected chi connectivity index (χ3v) is 4.79. The number of aryl methyl sites for hydroxylation is 1. The molecule has 0 aromatic heterocycles. The van der Waals surface area contributed by atoms with Crippen LogP contribution in [0.15, 0.2) is 36.4 Å². The third-order valence-electron chi connectivity index (χ3n) is 4.79. The van der Waals surface area contributed by atoms with Gasteiger partial charge in [-0.15, -0.1) is 0 Å². The molecule has 0 atom stereocenters. The van der Waals surface area contributed by atoms with Crippen molar-refractivity contribution in [3.8, 4) is 11.5 Å². The van der Waals surface area contributed by atoms with E-state index in [1.807, 2.05) is 31.2 Å². The van der Waals surface area contributed by atoms with Crippen LogP contribution in [0.5, 0.6) is 11.5 Å². The summed E-state index contributed by atoms with van der Waals surface area (Å²) < 4.78 is 20.0. The lowest BCUT2D eigenvalue weighted by Gasteiger charge is -2.36. The molecule has 1 fully saturated rings. The zero-order chi connectivity index (χ0) is 18.3. The molecule has 1 N–H and O–H groups in total. The van der Waals surface area contributed by atoms with E-state index in [2.05, 4.69) is 4.90 Å². The first-order valence-electron chi connectivity index (χ1n) is 8.54. The highest BCUT2D eigenvalue weighted by Crippen LogP contribution is 2.40. The lowest BCUT2D eigenvalue weighted by Crippen LogP contribution is -2.47. The van der Waals surface area contributed by atoms with E-state index in [4.69, 9.17) is 9.84 Å². The molecule has 26 heavy (non-hydrogen) atoms. The van der Waals surface area contributed by atoms with E-state index in [-0.39, 0.29) is 5.82 Å². The number of hydrogen-bond acceptors (Lipinski definition) is 3. The van der Waals surface area contributed by atoms with Gasteiger partial charge in [-0.1, -0.05) is 11.6 Å². The number of ether oxygens (including phenoxy) is 1. The number of piperazine rings is 1. The van der Waals surface area contributed by atoms with Gasteiger partial charge in [0, 0.05) is 43.0 Å². The van der Waals surface area contributed by atoms with Gasteiger partial charge in [0.25, 0.3) is 0 Å². The highest BCUT2D eigenvalue weighted by atomic mass is 19.1. The van der Waals surface area contributed by atoms with Crippen LogP contribution in [-0.2, 0) is 0 Å². The largest absolute Gasteiger partial charge is 0.465 e. The predicted molar refractivity (Wildman–Crippen MR) is 96.7 cm³/mol. The summed E-state index contributed by atoms with van der Waals surface area (Å²) in [5.74, 6) is 0.994. The van der Waals surface area contributed by atoms with Crippen LogP contribution in [-0.4, -0.2) is 47.2 Å². The van der Waals surface area contributed by atoms with Gasteiger partial charge < -0.3 is 19.6 Å². The fourth-order valence-corrected chi connectivity index (χ4v) is 3.41. The molecule has 2 heterocycles. The maximum atomic E-state index is 13.9. The number of rotatable bonds is 1. The number of amides is 1. The van der Waals surface area contributed by atoms with Crippen molar-refractivity contribution in [2.75, 3.05) is 26.2 Å². The van der Waals surface area contributed by atoms with Crippen molar-refractivity contribution in [1.29, 1.82) is 0 Å². The minimum absolute atomic E-state index is 0.329. The highest BCUT2D eigenvalue weighted by molar-refractivity contribution is 5.86. The molecule has 0 unspecified atom stereocenters. The van der Waals surface area contributed by atoms with Crippen LogP contribution >= 0.6 is 0 Å². The molecule has 0 radical (unpaired) electrons. The lowest BCUT2D eigenvalue weighted by atomic mass is 10.0. The van der Waals surface area contributed by atoms with Crippen molar-refractivity contribution >= 4 is 17.9 Å². The van der Waals surface area contributed by atoms with Gasteiger partial charge in [0.15, 0.2) is 0 Å². The average Bonchev–Trinajstić information content (AvgIpc) is 2.78. The molecule has 0 bridgehead atoms. The van der Waals surface area contributed by atoms with Gasteiger partial charge >= 0.3 is 6.09 Å². The van der Waals surface area contributed by atoms with E-state index in [0.717, 1.165) is 22.6 Å². The van der Waals surface area contributed by atoms with Crippen molar-refractivity contribution in [3.05, 3.63) is 58.9 Å². The summed E-state index contributed by atoms with van der Waals surface area (Å²) in [6.45, 7) is 3.94. The van der Waals surface area contributed by atoms with Crippen LogP contribution < -0.4 is 4.74 Å². The first-order valence-corrected chi connectivity index (χ1v) is 8.54. The molecule has 2 aliphatic heterocycles. The van der Waals surface area contributed by atoms with E-state index in [9.17, 15) is 9.18 Å². The van der Waals surface area contributed by atoms with Gasteiger partial charge in [-0.3, -0.25) is 0 Å². The second-order valence-corrected chi connectivity index (χ2v) is 6.57. The monoisotopic (exact) mass is 354 g/mol. The number of hydrogen-bond donors (Lipinski definition) is 1. The van der Waals surface area contributed by atoms with E-state index >= 15 is 0 Å². The first kappa shape index (κ1) is 16.4. The quantitative estimate of drug-likeness (QED) is 0.840. The summed E-state index contributed by atoms with van der Waals surface area (Å²) in [6, 6.07) is 10.4. The minimum Gasteiger partial charge on any atom is -0.465 e. The lowest BCUT2D eigenvalue weighted by molar-refractivity contribution is 0.122. The number of carbonyl (C=O) groups is 1. The van der Waals surface area contributed by atoms with Crippen molar-refractivity contribution in [2.24, 2.45) is 0 Å². The maximum Gasteiger partial charge on any atom is 0.407 e. The average molecular weight is 354 g/mol. The standard InChI is InChI=1S/C20H19FN2O3/c1-13-2-4-18-14(10-13)11-17(16-12-15(21)3-5-19(16)26-18)22-6-8-23(9-7-22)20(24)25/h2-5,10-12H,6-9H2,1H3,(H,24,25). The molecular weight excluding hydrogens is 335 g/mol. The first-order chi connectivity index (χ1) is 12.5. The fourth-order valence-electron chi connectivity index (χ4n) is 3.41. The van der Waals surface area contributed by atoms with Gasteiger partial charge in [0.1, 0.15) is 17.3 Å². The van der Waals surface area contributed by atoms with Crippen LogP contribution in [0, 0.1) is 12.7 Å². The normalized spacial score (nSPS) is 16.2. The van der Waals surface area contributed by atoms with E-state index in [0.29, 0.717) is 37.5 Å². The van der Waals surface area contributed by atoms with Crippen LogP contribution in [0.2, 0.25) is 0 Å². The Morgan fingerprint density at radius 2 is 1.81 bits per heavy atom. The Morgan fingerprint density at radius 3 is 2.54 bits per heavy atom. The molecule has 2 aromatic rings. The number of halogens is 1. The SMILES string of the molecule is Cc1ccc2c(c1)C=C(N1CCN(C(=O)O)CC1)c1cc(F)ccc1O2. The van der Waals surface area contributed by atoms with E-state index in [1.54, 1.807) is 6.07 Å². The molecule has 1 amide bonds. The minimum atomic E-state index is -0.907. The molecular formula is C20H19FN2O3. The zero-order valence-corrected chi connectivity index (χ0v) is 14.4. The summed E-state index contributed by atoms with van der Waals surface area (Å²) in [5, 5.41) is 9.16. The second-order valence-electron chi connectivity index (χ2n) is 6.57. The zero-order valence-electron chi connectivity index (χ0n) is 14.4. The number of benzene rings is 2. The Kier molecular flexibility index (Phi) is 4.03. The molecule has 0 spiro atoms. The highest BCUT2D eigenvalue weighted by Gasteiger charge is 2.26. The smallest absolute Gasteiger partial charge is 0.407 e. The predicted octanol–water partition coefficient (Wildman–Crippen LogP) is 4.03. The second kappa shape index (κ2) is 6.37. The Labute approximate surface area is 150 Å². The molecule has 0 saturated carbocycles. The molecule has 5 nitrogen and oxygen atoms in total. The van der Waals surface area contributed by atoms with Crippen molar-refractivity contribution in [2.45, 2.75) is 6.92 Å². The third kappa shape index (κ3) is 2.98. The van der Waals surface area contributed by atoms with E-state index in [1.165, 1.54) is 17.0 Å². The van der Waals surface area contributed by atoms with Crippen LogP contribution in [0.3, 0.4) is 0 Å². The van der Waals surface area contributed by atoms with Crippen molar-refractivity contribution in [3.63, 3.8) is 0 Å². The summed E-state index contributed by atoms with van der Waals surface area (Å²) >= 11 is 0. The summed E-state index contributed by atoms with van der Waals surface area (Å²) in [6.07, 6.45) is 1.10. The molecule has 4 rings (SSSR count). The van der Waals surface area contributed by atoms with E-state index < -0.39 is 6.09 Å². The summed E-state index contributed by atoms with van der Waals surface area (Å²) in [5.41, 5.74) is 3.57. The van der Waals surface area contributed by atoms with Crippen molar-refractivity contribution in [1.82, 2.24) is 9.80 Å². The molecule has 2 aromatic carbocycles. The number of carboxylic acid groups (broad SMARTS) is 1. The molecule has 6 heteroatoms. The Bertz CT molecular complexity index is 902. The Balaban J connectivity index is 1.78.